The molecule has 0 saturated carbocycles. The van der Waals surface area contributed by atoms with E-state index in [2.05, 4.69) is 10.2 Å². The largest absolute Gasteiger partial charge is 0.492 e. The smallest absolute Gasteiger partial charge is 0.404 e. The predicted octanol–water partition coefficient (Wildman–Crippen LogP) is 1.21. The van der Waals surface area contributed by atoms with Gasteiger partial charge in [0.05, 0.1) is 13.2 Å². The summed E-state index contributed by atoms with van der Waals surface area (Å²) in [6, 6.07) is 7.78. The van der Waals surface area contributed by atoms with Crippen LogP contribution < -0.4 is 10.1 Å². The molecule has 21 heavy (non-hydrogen) atoms. The zero-order valence-corrected chi connectivity index (χ0v) is 12.1. The number of benzene rings is 1. The van der Waals surface area contributed by atoms with Crippen LogP contribution in [0.5, 0.6) is 5.75 Å². The Morgan fingerprint density at radius 2 is 2.00 bits per heavy atom. The first-order valence-electron chi connectivity index (χ1n) is 7.23. The molecule has 116 valence electrons. The van der Waals surface area contributed by atoms with Crippen LogP contribution in [-0.2, 0) is 11.2 Å². The number of ether oxygens (including phenoxy) is 2. The Morgan fingerprint density at radius 3 is 2.67 bits per heavy atom. The lowest BCUT2D eigenvalue weighted by atomic mass is 10.1. The normalized spacial score (nSPS) is 15.6. The number of carbonyl (C=O) groups is 1. The monoisotopic (exact) mass is 294 g/mol. The fraction of sp³-hybridized carbons (Fsp3) is 0.533. The van der Waals surface area contributed by atoms with Gasteiger partial charge >= 0.3 is 6.09 Å². The van der Waals surface area contributed by atoms with Crippen molar-refractivity contribution >= 4 is 6.09 Å². The molecule has 0 bridgehead atoms. The molecule has 0 unspecified atom stereocenters. The van der Waals surface area contributed by atoms with Crippen LogP contribution in [0.4, 0.5) is 4.79 Å². The van der Waals surface area contributed by atoms with Gasteiger partial charge in [0, 0.05) is 26.2 Å². The number of nitrogens with zero attached hydrogens (tertiary/aromatic N) is 1. The topological polar surface area (TPSA) is 71.0 Å². The summed E-state index contributed by atoms with van der Waals surface area (Å²) in [6.45, 7) is 5.55. The minimum Gasteiger partial charge on any atom is -0.492 e. The zero-order valence-electron chi connectivity index (χ0n) is 12.1. The maximum absolute atomic E-state index is 10.3. The van der Waals surface area contributed by atoms with Crippen LogP contribution in [-0.4, -0.2) is 62.1 Å². The van der Waals surface area contributed by atoms with E-state index in [4.69, 9.17) is 14.6 Å². The number of hydrogen-bond donors (Lipinski definition) is 2. The van der Waals surface area contributed by atoms with Crippen molar-refractivity contribution in [3.63, 3.8) is 0 Å². The quantitative estimate of drug-likeness (QED) is 0.791. The van der Waals surface area contributed by atoms with Gasteiger partial charge in [0.25, 0.3) is 0 Å². The molecule has 1 fully saturated rings. The lowest BCUT2D eigenvalue weighted by Crippen LogP contribution is -2.38. The van der Waals surface area contributed by atoms with Gasteiger partial charge in [0.2, 0.25) is 0 Å². The molecule has 1 aromatic rings. The van der Waals surface area contributed by atoms with Crippen LogP contribution in [0, 0.1) is 0 Å². The van der Waals surface area contributed by atoms with E-state index in [1.165, 1.54) is 0 Å². The predicted molar refractivity (Wildman–Crippen MR) is 78.9 cm³/mol. The van der Waals surface area contributed by atoms with Crippen molar-refractivity contribution < 1.29 is 19.4 Å². The molecule has 0 radical (unpaired) electrons. The van der Waals surface area contributed by atoms with Gasteiger partial charge in [-0.05, 0) is 24.1 Å². The minimum atomic E-state index is -0.988. The van der Waals surface area contributed by atoms with E-state index < -0.39 is 6.09 Å². The Kier molecular flexibility index (Phi) is 6.30. The third-order valence-electron chi connectivity index (χ3n) is 3.39. The van der Waals surface area contributed by atoms with E-state index in [0.29, 0.717) is 19.6 Å². The lowest BCUT2D eigenvalue weighted by Gasteiger charge is -2.26. The summed E-state index contributed by atoms with van der Waals surface area (Å²) in [5, 5.41) is 10.8. The van der Waals surface area contributed by atoms with Crippen LogP contribution in [0.25, 0.3) is 0 Å². The van der Waals surface area contributed by atoms with Gasteiger partial charge in [-0.1, -0.05) is 12.1 Å². The summed E-state index contributed by atoms with van der Waals surface area (Å²) in [5.41, 5.74) is 1.09. The molecule has 1 aliphatic rings. The summed E-state index contributed by atoms with van der Waals surface area (Å²) in [7, 11) is 0. The first-order chi connectivity index (χ1) is 10.2. The third kappa shape index (κ3) is 6.01. The van der Waals surface area contributed by atoms with Crippen LogP contribution in [0.1, 0.15) is 5.56 Å². The Hall–Kier alpha value is -1.79. The molecular formula is C15H22N2O4. The van der Waals surface area contributed by atoms with Gasteiger partial charge in [0.15, 0.2) is 0 Å². The van der Waals surface area contributed by atoms with Gasteiger partial charge in [-0.15, -0.1) is 0 Å². The molecule has 1 aliphatic heterocycles. The molecule has 6 heteroatoms. The molecule has 2 N–H and O–H groups in total. The zero-order chi connectivity index (χ0) is 14.9. The number of morpholine rings is 1. The van der Waals surface area contributed by atoms with Crippen LogP contribution >= 0.6 is 0 Å². The Bertz CT molecular complexity index is 430. The molecular weight excluding hydrogens is 272 g/mol. The van der Waals surface area contributed by atoms with E-state index in [1.54, 1.807) is 0 Å². The SMILES string of the molecule is O=C(O)NCCc1ccc(OCCN2CCOCC2)cc1. The van der Waals surface area contributed by atoms with Gasteiger partial charge in [-0.25, -0.2) is 4.79 Å². The number of amides is 1. The van der Waals surface area contributed by atoms with Crippen molar-refractivity contribution in [2.24, 2.45) is 0 Å². The number of carboxylic acid groups (broad SMARTS) is 1. The average molecular weight is 294 g/mol. The second-order valence-corrected chi connectivity index (χ2v) is 4.93. The van der Waals surface area contributed by atoms with Crippen molar-refractivity contribution in [2.45, 2.75) is 6.42 Å². The van der Waals surface area contributed by atoms with E-state index in [0.717, 1.165) is 44.2 Å². The molecule has 1 saturated heterocycles. The van der Waals surface area contributed by atoms with Crippen LogP contribution in [0.3, 0.4) is 0 Å². The Morgan fingerprint density at radius 1 is 1.29 bits per heavy atom. The van der Waals surface area contributed by atoms with Crippen LogP contribution in [0.15, 0.2) is 24.3 Å². The Balaban J connectivity index is 1.65. The van der Waals surface area contributed by atoms with Crippen molar-refractivity contribution in [2.75, 3.05) is 46.0 Å². The maximum Gasteiger partial charge on any atom is 0.404 e. The van der Waals surface area contributed by atoms with Crippen molar-refractivity contribution in [1.29, 1.82) is 0 Å². The third-order valence-corrected chi connectivity index (χ3v) is 3.39. The summed E-state index contributed by atoms with van der Waals surface area (Å²) in [5.74, 6) is 0.846. The van der Waals surface area contributed by atoms with Crippen molar-refractivity contribution in [3.05, 3.63) is 29.8 Å². The fourth-order valence-corrected chi connectivity index (χ4v) is 2.18. The van der Waals surface area contributed by atoms with E-state index in [9.17, 15) is 4.79 Å². The van der Waals surface area contributed by atoms with Gasteiger partial charge in [-0.2, -0.15) is 0 Å². The van der Waals surface area contributed by atoms with Crippen molar-refractivity contribution in [3.8, 4) is 5.75 Å². The van der Waals surface area contributed by atoms with Crippen molar-refractivity contribution in [1.82, 2.24) is 10.2 Å². The number of nitrogens with one attached hydrogen (secondary N) is 1. The maximum atomic E-state index is 10.3. The fourth-order valence-electron chi connectivity index (χ4n) is 2.18. The molecule has 2 rings (SSSR count). The summed E-state index contributed by atoms with van der Waals surface area (Å²) < 4.78 is 11.0. The van der Waals surface area contributed by atoms with Gasteiger partial charge in [0.1, 0.15) is 12.4 Å². The summed E-state index contributed by atoms with van der Waals surface area (Å²) in [4.78, 5) is 12.7. The highest BCUT2D eigenvalue weighted by atomic mass is 16.5. The molecule has 0 atom stereocenters. The highest BCUT2D eigenvalue weighted by molar-refractivity contribution is 5.64. The first kappa shape index (κ1) is 15.6. The Labute approximate surface area is 124 Å². The van der Waals surface area contributed by atoms with Gasteiger partial charge in [-0.3, -0.25) is 4.90 Å². The van der Waals surface area contributed by atoms with Gasteiger partial charge < -0.3 is 19.9 Å². The molecule has 1 heterocycles. The minimum absolute atomic E-state index is 0.423. The highest BCUT2D eigenvalue weighted by Gasteiger charge is 2.09. The standard InChI is InChI=1S/C15H22N2O4/c18-15(19)16-6-5-13-1-3-14(4-2-13)21-12-9-17-7-10-20-11-8-17/h1-4,16H,5-12H2,(H,18,19). The average Bonchev–Trinajstić information content (AvgIpc) is 2.50. The van der Waals surface area contributed by atoms with E-state index >= 15 is 0 Å². The summed E-state index contributed by atoms with van der Waals surface area (Å²) >= 11 is 0. The summed E-state index contributed by atoms with van der Waals surface area (Å²) in [6.07, 6.45) is -0.307. The van der Waals surface area contributed by atoms with E-state index in [1.807, 2.05) is 24.3 Å². The second-order valence-electron chi connectivity index (χ2n) is 4.93. The van der Waals surface area contributed by atoms with E-state index in [-0.39, 0.29) is 0 Å². The molecule has 0 spiro atoms. The molecule has 1 aromatic carbocycles. The highest BCUT2D eigenvalue weighted by Crippen LogP contribution is 2.12. The molecule has 0 aromatic heterocycles. The second kappa shape index (κ2) is 8.49. The first-order valence-corrected chi connectivity index (χ1v) is 7.23. The molecule has 1 amide bonds. The number of hydrogen-bond acceptors (Lipinski definition) is 4. The lowest BCUT2D eigenvalue weighted by molar-refractivity contribution is 0.0322. The molecule has 0 aliphatic carbocycles. The van der Waals surface area contributed by atoms with Crippen LogP contribution in [0.2, 0.25) is 0 Å². The number of rotatable bonds is 7. The molecule has 6 nitrogen and oxygen atoms in total.